The molecule has 2 heterocycles. The Morgan fingerprint density at radius 2 is 0.798 bits per heavy atom. The molecule has 4 aromatic carbocycles. The number of methoxy groups -OCH3 is 2. The summed E-state index contributed by atoms with van der Waals surface area (Å²) in [7, 11) is 3.31. The lowest BCUT2D eigenvalue weighted by atomic mass is 9.80. The molecule has 4 fully saturated rings. The minimum Gasteiger partial charge on any atom is -0.542 e. The van der Waals surface area contributed by atoms with E-state index in [1.54, 1.807) is 14.2 Å². The quantitative estimate of drug-likeness (QED) is 0.0331. The highest BCUT2D eigenvalue weighted by atomic mass is 19.4. The lowest BCUT2D eigenvalue weighted by molar-refractivity contribution is -0.916. The number of likely N-dealkylation sites (tertiary alicyclic amines) is 2. The molecular formula is C62H80F6N2O14. The van der Waals surface area contributed by atoms with Crippen LogP contribution in [-0.2, 0) is 39.9 Å². The van der Waals surface area contributed by atoms with Gasteiger partial charge in [0.25, 0.3) is 0 Å². The molecule has 8 rings (SSSR count). The number of aliphatic carboxylic acids is 2. The Balaban J connectivity index is 0.000000250. The van der Waals surface area contributed by atoms with Gasteiger partial charge < -0.3 is 67.4 Å². The third-order valence-electron chi connectivity index (χ3n) is 16.5. The Labute approximate surface area is 487 Å². The van der Waals surface area contributed by atoms with Gasteiger partial charge in [-0.2, -0.15) is 26.3 Å². The number of aliphatic hydroxyl groups is 2. The van der Waals surface area contributed by atoms with E-state index in [-0.39, 0.29) is 24.0 Å². The molecule has 0 aromatic heterocycles. The van der Waals surface area contributed by atoms with Crippen molar-refractivity contribution in [1.82, 2.24) is 0 Å². The highest BCUT2D eigenvalue weighted by molar-refractivity contribution is 5.82. The Bertz CT molecular complexity index is 2460. The van der Waals surface area contributed by atoms with Crippen LogP contribution in [-0.4, -0.2) is 147 Å². The molecule has 4 aliphatic rings. The van der Waals surface area contributed by atoms with Crippen LogP contribution in [0.25, 0.3) is 0 Å². The second-order valence-electron chi connectivity index (χ2n) is 21.8. The van der Waals surface area contributed by atoms with Gasteiger partial charge in [-0.1, -0.05) is 86.3 Å². The van der Waals surface area contributed by atoms with E-state index in [2.05, 4.69) is 13.8 Å². The Morgan fingerprint density at radius 3 is 1.07 bits per heavy atom. The van der Waals surface area contributed by atoms with Crippen LogP contribution in [0.15, 0.2) is 109 Å². The van der Waals surface area contributed by atoms with Crippen molar-refractivity contribution < 1.29 is 103 Å². The van der Waals surface area contributed by atoms with Crippen LogP contribution in [0.5, 0.6) is 23.0 Å². The molecule has 0 amide bonds. The van der Waals surface area contributed by atoms with E-state index in [9.17, 15) is 46.1 Å². The van der Waals surface area contributed by atoms with Gasteiger partial charge in [0.05, 0.1) is 66.7 Å². The van der Waals surface area contributed by atoms with E-state index in [1.165, 1.54) is 0 Å². The fourth-order valence-electron chi connectivity index (χ4n) is 11.7. The van der Waals surface area contributed by atoms with Gasteiger partial charge in [-0.25, -0.2) is 9.59 Å². The number of alkyl halides is 6. The zero-order valence-corrected chi connectivity index (χ0v) is 48.2. The maximum absolute atomic E-state index is 13.5. The highest BCUT2D eigenvalue weighted by Gasteiger charge is 2.52. The van der Waals surface area contributed by atoms with Crippen molar-refractivity contribution in [3.8, 4) is 23.0 Å². The highest BCUT2D eigenvalue weighted by Crippen LogP contribution is 2.44. The molecule has 4 aromatic rings. The van der Waals surface area contributed by atoms with Crippen LogP contribution in [0, 0.1) is 11.8 Å². The van der Waals surface area contributed by atoms with Crippen molar-refractivity contribution in [3.05, 3.63) is 120 Å². The van der Waals surface area contributed by atoms with Gasteiger partial charge in [-0.15, -0.1) is 0 Å². The summed E-state index contributed by atoms with van der Waals surface area (Å²) in [6.07, 6.45) is 0.399. The first kappa shape index (κ1) is 68.2. The van der Waals surface area contributed by atoms with Crippen molar-refractivity contribution in [2.24, 2.45) is 11.8 Å². The van der Waals surface area contributed by atoms with Crippen LogP contribution in [0.2, 0.25) is 0 Å². The number of halogens is 6. The van der Waals surface area contributed by atoms with Crippen molar-refractivity contribution in [2.45, 2.75) is 127 Å². The maximum Gasteiger partial charge on any atom is 0.430 e. The molecule has 16 nitrogen and oxygen atoms in total. The summed E-state index contributed by atoms with van der Waals surface area (Å²) in [5.74, 6) is -3.81. The first-order valence-electron chi connectivity index (χ1n) is 28.6. The largest absolute Gasteiger partial charge is 0.542 e. The molecule has 0 radical (unpaired) electrons. The zero-order valence-electron chi connectivity index (χ0n) is 48.2. The number of hydrogen-bond donors (Lipinski definition) is 2. The number of carbonyl (C=O) groups is 4. The minimum atomic E-state index is -5.19. The number of hydrogen-bond acceptors (Lipinski definition) is 14. The van der Waals surface area contributed by atoms with E-state index < -0.39 is 47.4 Å². The van der Waals surface area contributed by atoms with Crippen molar-refractivity contribution in [3.63, 3.8) is 0 Å². The third-order valence-corrected chi connectivity index (χ3v) is 16.5. The molecular weight excluding hydrogens is 1110 g/mol. The van der Waals surface area contributed by atoms with Crippen LogP contribution < -0.4 is 29.2 Å². The molecule has 0 spiro atoms. The van der Waals surface area contributed by atoms with Gasteiger partial charge in [0.1, 0.15) is 48.0 Å². The smallest absolute Gasteiger partial charge is 0.430 e. The first-order chi connectivity index (χ1) is 39.9. The fraction of sp³-hybridized carbons (Fsp3) is 0.548. The number of quaternary nitrogens is 2. The number of likely N-dealkylation sites (N-methyl/N-ethyl adjacent to an activating group) is 2. The standard InChI is InChI=1S/2C29H40NO5.2C2HF3O2/c2*1-3-30(19-9-21-34-26-16-14-25(33-2)15-17-26)20-18-27(22-30)35-28(31)29(32,24-12-7-8-13-24)23-10-5-4-6-11-23;2*3-2(4,5)1(6)7/h2*4-6,10-11,14-17,24,27,32H,3,7-9,12-13,18-22H2,1-2H3;2*(H,6,7)/q2*+1;;/p-2. The molecule has 2 saturated carbocycles. The minimum absolute atomic E-state index is 0.0840. The number of rotatable bonds is 22. The Kier molecular flexibility index (Phi) is 25.6. The molecule has 6 unspecified atom stereocenters. The zero-order chi connectivity index (χ0) is 61.6. The molecule has 0 bridgehead atoms. The summed E-state index contributed by atoms with van der Waals surface area (Å²) in [6, 6.07) is 34.0. The van der Waals surface area contributed by atoms with E-state index in [4.69, 9.17) is 48.2 Å². The van der Waals surface area contributed by atoms with Gasteiger partial charge >= 0.3 is 24.3 Å². The molecule has 2 aliphatic carbocycles. The molecule has 22 heteroatoms. The number of esters is 2. The van der Waals surface area contributed by atoms with E-state index in [0.29, 0.717) is 24.3 Å². The van der Waals surface area contributed by atoms with Gasteiger partial charge in [-0.05, 0) is 99.2 Å². The Hall–Kier alpha value is -6.62. The van der Waals surface area contributed by atoms with Gasteiger partial charge in [-0.3, -0.25) is 0 Å². The van der Waals surface area contributed by atoms with Gasteiger partial charge in [0, 0.05) is 37.5 Å². The number of carboxylic acid groups (broad SMARTS) is 2. The average Bonchev–Trinajstić information content (AvgIpc) is 3.45. The second kappa shape index (κ2) is 31.5. The summed E-state index contributed by atoms with van der Waals surface area (Å²) >= 11 is 0. The third kappa shape index (κ3) is 19.2. The number of nitrogens with zero attached hydrogens (tertiary/aromatic N) is 2. The maximum atomic E-state index is 13.5. The summed E-state index contributed by atoms with van der Waals surface area (Å²) in [4.78, 5) is 44.5. The lowest BCUT2D eigenvalue weighted by Crippen LogP contribution is -2.49. The molecule has 2 saturated heterocycles. The van der Waals surface area contributed by atoms with Gasteiger partial charge in [0.2, 0.25) is 0 Å². The molecule has 84 heavy (non-hydrogen) atoms. The molecule has 2 aliphatic heterocycles. The van der Waals surface area contributed by atoms with Crippen molar-refractivity contribution in [1.29, 1.82) is 0 Å². The Morgan fingerprint density at radius 1 is 0.500 bits per heavy atom. The molecule has 464 valence electrons. The number of carboxylic acids is 2. The van der Waals surface area contributed by atoms with Gasteiger partial charge in [0.15, 0.2) is 23.4 Å². The SMILES string of the molecule is CC[N+]1(CCCOc2ccc(OC)cc2)CCC(OC(=O)C(O)(c2ccccc2)C2CCCC2)C1.CC[N+]1(CCCOc2ccc(OC)cc2)CCC(OC(=O)C(O)(c2ccccc2)C2CCCC2)C1.O=C([O-])C(F)(F)F.O=C([O-])C(F)(F)F. The number of ether oxygens (including phenoxy) is 6. The summed E-state index contributed by atoms with van der Waals surface area (Å²) < 4.78 is 99.2. The number of carbonyl (C=O) groups excluding carboxylic acids is 4. The normalized spacial score (nSPS) is 22.0. The van der Waals surface area contributed by atoms with E-state index in [0.717, 1.165) is 161 Å². The molecule has 2 N–H and O–H groups in total. The monoisotopic (exact) mass is 1190 g/mol. The van der Waals surface area contributed by atoms with Crippen LogP contribution in [0.3, 0.4) is 0 Å². The molecule has 6 atom stereocenters. The van der Waals surface area contributed by atoms with Crippen LogP contribution >= 0.6 is 0 Å². The van der Waals surface area contributed by atoms with Crippen LogP contribution in [0.4, 0.5) is 26.3 Å². The van der Waals surface area contributed by atoms with Crippen LogP contribution in [0.1, 0.15) is 102 Å². The second-order valence-corrected chi connectivity index (χ2v) is 21.8. The summed E-state index contributed by atoms with van der Waals surface area (Å²) in [5, 5.41) is 41.0. The number of benzene rings is 4. The first-order valence-corrected chi connectivity index (χ1v) is 28.6. The summed E-state index contributed by atoms with van der Waals surface area (Å²) in [6.45, 7) is 13.2. The van der Waals surface area contributed by atoms with Crippen molar-refractivity contribution >= 4 is 23.9 Å². The summed E-state index contributed by atoms with van der Waals surface area (Å²) in [5.41, 5.74) is -1.81. The van der Waals surface area contributed by atoms with E-state index >= 15 is 0 Å². The predicted octanol–water partition coefficient (Wildman–Crippen LogP) is 7.99. The fourth-order valence-corrected chi connectivity index (χ4v) is 11.7. The predicted molar refractivity (Wildman–Crippen MR) is 293 cm³/mol. The topological polar surface area (TPSA) is 210 Å². The van der Waals surface area contributed by atoms with E-state index in [1.807, 2.05) is 109 Å². The average molecular weight is 1190 g/mol. The van der Waals surface area contributed by atoms with Crippen molar-refractivity contribution in [2.75, 3.05) is 79.8 Å². The lowest BCUT2D eigenvalue weighted by Gasteiger charge is -2.35.